The predicted octanol–water partition coefficient (Wildman–Crippen LogP) is 3.36. The van der Waals surface area contributed by atoms with Crippen molar-refractivity contribution >= 4 is 11.3 Å². The maximum Gasteiger partial charge on any atom is 0.0510 e. The molecule has 0 amide bonds. The Morgan fingerprint density at radius 1 is 1.50 bits per heavy atom. The molecule has 0 aromatic carbocycles. The highest BCUT2D eigenvalue weighted by molar-refractivity contribution is 7.10. The second kappa shape index (κ2) is 5.99. The van der Waals surface area contributed by atoms with E-state index in [0.717, 1.165) is 19.4 Å². The van der Waals surface area contributed by atoms with Crippen LogP contribution in [0.3, 0.4) is 0 Å². The first-order chi connectivity index (χ1) is 6.79. The van der Waals surface area contributed by atoms with Crippen molar-refractivity contribution in [2.75, 3.05) is 13.7 Å². The van der Waals surface area contributed by atoms with Crippen molar-refractivity contribution in [1.29, 1.82) is 0 Å². The fourth-order valence-electron chi connectivity index (χ4n) is 1.39. The fourth-order valence-corrected chi connectivity index (χ4v) is 2.45. The van der Waals surface area contributed by atoms with Gasteiger partial charge in [-0.25, -0.2) is 0 Å². The third kappa shape index (κ3) is 2.96. The monoisotopic (exact) mass is 210 g/mol. The average Bonchev–Trinajstić information content (AvgIpc) is 2.54. The highest BCUT2D eigenvalue weighted by atomic mass is 32.1. The molecule has 0 N–H and O–H groups in total. The normalized spacial score (nSPS) is 11.4. The Kier molecular flexibility index (Phi) is 4.91. The maximum absolute atomic E-state index is 5.08. The van der Waals surface area contributed by atoms with Gasteiger partial charge in [0.15, 0.2) is 0 Å². The Morgan fingerprint density at radius 3 is 2.93 bits per heavy atom. The lowest BCUT2D eigenvalue weighted by molar-refractivity contribution is 0.203. The van der Waals surface area contributed by atoms with E-state index in [0.29, 0.717) is 0 Å². The summed E-state index contributed by atoms with van der Waals surface area (Å²) >= 11 is 1.85. The van der Waals surface area contributed by atoms with Crippen molar-refractivity contribution in [3.05, 3.63) is 33.5 Å². The molecule has 0 aliphatic rings. The number of hydrogen-bond donors (Lipinski definition) is 0. The maximum atomic E-state index is 5.08. The minimum atomic E-state index is 0.824. The highest BCUT2D eigenvalue weighted by Crippen LogP contribution is 2.23. The van der Waals surface area contributed by atoms with Crippen LogP contribution in [-0.4, -0.2) is 13.7 Å². The van der Waals surface area contributed by atoms with Crippen LogP contribution in [0.4, 0.5) is 0 Å². The fraction of sp³-hybridized carbons (Fsp3) is 0.500. The summed E-state index contributed by atoms with van der Waals surface area (Å²) in [6.07, 6.45) is 6.41. The Bertz CT molecular complexity index is 299. The molecule has 0 saturated carbocycles. The van der Waals surface area contributed by atoms with E-state index in [4.69, 9.17) is 4.74 Å². The molecule has 1 aromatic rings. The lowest BCUT2D eigenvalue weighted by Gasteiger charge is -1.99. The molecule has 0 spiro atoms. The Labute approximate surface area is 90.4 Å². The van der Waals surface area contributed by atoms with Gasteiger partial charge in [-0.15, -0.1) is 11.3 Å². The van der Waals surface area contributed by atoms with Crippen LogP contribution in [0.1, 0.15) is 22.9 Å². The molecule has 1 nitrogen and oxygen atoms in total. The molecule has 0 atom stereocenters. The molecule has 2 heteroatoms. The SMILES string of the molecule is C/C=C/Cc1csc(CCOC)c1C. The third-order valence-electron chi connectivity index (χ3n) is 2.35. The number of methoxy groups -OCH3 is 1. The molecule has 0 radical (unpaired) electrons. The summed E-state index contributed by atoms with van der Waals surface area (Å²) in [6, 6.07) is 0. The molecule has 1 aromatic heterocycles. The van der Waals surface area contributed by atoms with Gasteiger partial charge < -0.3 is 4.74 Å². The molecule has 0 bridgehead atoms. The van der Waals surface area contributed by atoms with Crippen LogP contribution < -0.4 is 0 Å². The van der Waals surface area contributed by atoms with E-state index in [2.05, 4.69) is 31.4 Å². The molecule has 0 aliphatic heterocycles. The second-order valence-electron chi connectivity index (χ2n) is 3.33. The van der Waals surface area contributed by atoms with E-state index >= 15 is 0 Å². The van der Waals surface area contributed by atoms with Gasteiger partial charge in [0.05, 0.1) is 6.61 Å². The van der Waals surface area contributed by atoms with Gasteiger partial charge in [0, 0.05) is 18.4 Å². The van der Waals surface area contributed by atoms with Crippen LogP contribution in [0.2, 0.25) is 0 Å². The number of thiophene rings is 1. The first-order valence-corrected chi connectivity index (χ1v) is 5.83. The van der Waals surface area contributed by atoms with Crippen LogP contribution in [0.25, 0.3) is 0 Å². The van der Waals surface area contributed by atoms with Gasteiger partial charge in [-0.2, -0.15) is 0 Å². The van der Waals surface area contributed by atoms with Crippen LogP contribution in [0, 0.1) is 6.92 Å². The van der Waals surface area contributed by atoms with Crippen LogP contribution in [0.5, 0.6) is 0 Å². The largest absolute Gasteiger partial charge is 0.384 e. The zero-order chi connectivity index (χ0) is 10.4. The summed E-state index contributed by atoms with van der Waals surface area (Å²) in [7, 11) is 1.75. The van der Waals surface area contributed by atoms with E-state index in [1.54, 1.807) is 7.11 Å². The van der Waals surface area contributed by atoms with Gasteiger partial charge in [-0.05, 0) is 36.8 Å². The van der Waals surface area contributed by atoms with E-state index in [-0.39, 0.29) is 0 Å². The predicted molar refractivity (Wildman–Crippen MR) is 63.2 cm³/mol. The smallest absolute Gasteiger partial charge is 0.0510 e. The van der Waals surface area contributed by atoms with Gasteiger partial charge in [-0.3, -0.25) is 0 Å². The zero-order valence-corrected chi connectivity index (χ0v) is 9.99. The van der Waals surface area contributed by atoms with E-state index in [1.165, 1.54) is 16.0 Å². The lowest BCUT2D eigenvalue weighted by atomic mass is 10.1. The molecule has 1 rings (SSSR count). The first kappa shape index (κ1) is 11.5. The van der Waals surface area contributed by atoms with Gasteiger partial charge in [0.2, 0.25) is 0 Å². The molecule has 0 aliphatic carbocycles. The van der Waals surface area contributed by atoms with Crippen molar-refractivity contribution in [3.8, 4) is 0 Å². The van der Waals surface area contributed by atoms with Crippen molar-refractivity contribution in [2.45, 2.75) is 26.7 Å². The van der Waals surface area contributed by atoms with Crippen molar-refractivity contribution in [3.63, 3.8) is 0 Å². The van der Waals surface area contributed by atoms with E-state index in [1.807, 2.05) is 11.3 Å². The van der Waals surface area contributed by atoms with Crippen molar-refractivity contribution in [1.82, 2.24) is 0 Å². The average molecular weight is 210 g/mol. The Balaban J connectivity index is 2.64. The number of ether oxygens (including phenoxy) is 1. The van der Waals surface area contributed by atoms with Crippen LogP contribution >= 0.6 is 11.3 Å². The van der Waals surface area contributed by atoms with Crippen molar-refractivity contribution < 1.29 is 4.74 Å². The van der Waals surface area contributed by atoms with Gasteiger partial charge in [-0.1, -0.05) is 12.2 Å². The number of rotatable bonds is 5. The lowest BCUT2D eigenvalue weighted by Crippen LogP contribution is -1.94. The Hall–Kier alpha value is -0.600. The summed E-state index contributed by atoms with van der Waals surface area (Å²) in [4.78, 5) is 1.46. The Morgan fingerprint density at radius 2 is 2.29 bits per heavy atom. The topological polar surface area (TPSA) is 9.23 Å². The summed E-state index contributed by atoms with van der Waals surface area (Å²) in [5.41, 5.74) is 2.91. The molecular formula is C12H18OS. The molecule has 14 heavy (non-hydrogen) atoms. The third-order valence-corrected chi connectivity index (χ3v) is 3.55. The molecule has 0 fully saturated rings. The quantitative estimate of drug-likeness (QED) is 0.677. The molecular weight excluding hydrogens is 192 g/mol. The zero-order valence-electron chi connectivity index (χ0n) is 9.17. The number of hydrogen-bond acceptors (Lipinski definition) is 2. The van der Waals surface area contributed by atoms with E-state index < -0.39 is 0 Å². The molecule has 78 valence electrons. The number of allylic oxidation sites excluding steroid dienone is 2. The van der Waals surface area contributed by atoms with Crippen molar-refractivity contribution in [2.24, 2.45) is 0 Å². The minimum absolute atomic E-state index is 0.824. The molecule has 0 unspecified atom stereocenters. The standard InChI is InChI=1S/C12H18OS/c1-4-5-6-11-9-14-12(10(11)2)7-8-13-3/h4-5,9H,6-8H2,1-3H3/b5-4+. The van der Waals surface area contributed by atoms with Gasteiger partial charge in [0.25, 0.3) is 0 Å². The minimum Gasteiger partial charge on any atom is -0.384 e. The summed E-state index contributed by atoms with van der Waals surface area (Å²) in [5, 5.41) is 2.26. The summed E-state index contributed by atoms with van der Waals surface area (Å²) < 4.78 is 5.08. The van der Waals surface area contributed by atoms with Crippen LogP contribution in [-0.2, 0) is 17.6 Å². The first-order valence-electron chi connectivity index (χ1n) is 4.95. The summed E-state index contributed by atoms with van der Waals surface area (Å²) in [5.74, 6) is 0. The van der Waals surface area contributed by atoms with Gasteiger partial charge >= 0.3 is 0 Å². The second-order valence-corrected chi connectivity index (χ2v) is 4.29. The van der Waals surface area contributed by atoms with Gasteiger partial charge in [0.1, 0.15) is 0 Å². The van der Waals surface area contributed by atoms with Crippen LogP contribution in [0.15, 0.2) is 17.5 Å². The molecule has 1 heterocycles. The highest BCUT2D eigenvalue weighted by Gasteiger charge is 2.05. The molecule has 0 saturated heterocycles. The van der Waals surface area contributed by atoms with E-state index in [9.17, 15) is 0 Å². The summed E-state index contributed by atoms with van der Waals surface area (Å²) in [6.45, 7) is 5.10.